The van der Waals surface area contributed by atoms with Crippen LogP contribution in [0.3, 0.4) is 0 Å². The molecule has 2 N–H and O–H groups in total. The number of nitrogens with zero attached hydrogens (tertiary/aromatic N) is 2. The molecule has 33 heavy (non-hydrogen) atoms. The Morgan fingerprint density at radius 3 is 2.30 bits per heavy atom. The third-order valence-corrected chi connectivity index (χ3v) is 6.42. The average molecular weight is 469 g/mol. The van der Waals surface area contributed by atoms with Crippen LogP contribution in [0.2, 0.25) is 0 Å². The summed E-state index contributed by atoms with van der Waals surface area (Å²) in [5.74, 6) is 0.677. The van der Waals surface area contributed by atoms with Crippen LogP contribution in [0.25, 0.3) is 0 Å². The fourth-order valence-corrected chi connectivity index (χ4v) is 4.19. The Hall–Kier alpha value is -3.46. The van der Waals surface area contributed by atoms with Gasteiger partial charge < -0.3 is 10.1 Å². The molecule has 0 unspecified atom stereocenters. The highest BCUT2D eigenvalue weighted by Gasteiger charge is 2.17. The standard InChI is InChI=1S/C24H28N4O4S/c1-5-16(2)21-8-6-7-9-22(21)32-15-23(29)27-19-10-12-20(13-11-19)33(30,31)28-24-25-17(3)14-18(4)26-24/h6-14,16H,5,15H2,1-4H3,(H,27,29)(H,25,26,28)/t16-/m0/s1. The maximum Gasteiger partial charge on any atom is 0.264 e. The summed E-state index contributed by atoms with van der Waals surface area (Å²) in [4.78, 5) is 20.6. The number of para-hydroxylation sites is 1. The van der Waals surface area contributed by atoms with Gasteiger partial charge in [0.2, 0.25) is 5.95 Å². The van der Waals surface area contributed by atoms with E-state index in [4.69, 9.17) is 4.74 Å². The second kappa shape index (κ2) is 10.4. The van der Waals surface area contributed by atoms with Crippen LogP contribution in [0.5, 0.6) is 5.75 Å². The fourth-order valence-electron chi connectivity index (χ4n) is 3.25. The van der Waals surface area contributed by atoms with Gasteiger partial charge in [0, 0.05) is 17.1 Å². The molecule has 0 aliphatic rings. The molecule has 0 aliphatic heterocycles. The largest absolute Gasteiger partial charge is 0.483 e. The number of hydrogen-bond donors (Lipinski definition) is 2. The molecular weight excluding hydrogens is 440 g/mol. The summed E-state index contributed by atoms with van der Waals surface area (Å²) in [6.07, 6.45) is 0.965. The summed E-state index contributed by atoms with van der Waals surface area (Å²) in [6, 6.07) is 15.3. The number of aryl methyl sites for hydroxylation is 2. The molecule has 0 fully saturated rings. The van der Waals surface area contributed by atoms with E-state index >= 15 is 0 Å². The first kappa shape index (κ1) is 24.2. The van der Waals surface area contributed by atoms with Crippen molar-refractivity contribution in [3.8, 4) is 5.75 Å². The number of sulfonamides is 1. The second-order valence-corrected chi connectivity index (χ2v) is 9.47. The molecule has 0 aliphatic carbocycles. The number of benzene rings is 2. The number of carbonyl (C=O) groups excluding carboxylic acids is 1. The van der Waals surface area contributed by atoms with Gasteiger partial charge in [-0.2, -0.15) is 0 Å². The Morgan fingerprint density at radius 1 is 1.03 bits per heavy atom. The van der Waals surface area contributed by atoms with E-state index in [2.05, 4.69) is 33.9 Å². The lowest BCUT2D eigenvalue weighted by Crippen LogP contribution is -2.21. The quantitative estimate of drug-likeness (QED) is 0.481. The van der Waals surface area contributed by atoms with Gasteiger partial charge in [-0.25, -0.2) is 23.1 Å². The minimum absolute atomic E-state index is 0.0136. The van der Waals surface area contributed by atoms with Crippen LogP contribution in [-0.4, -0.2) is 30.9 Å². The van der Waals surface area contributed by atoms with Crippen LogP contribution in [0, 0.1) is 13.8 Å². The van der Waals surface area contributed by atoms with Gasteiger partial charge in [0.15, 0.2) is 6.61 Å². The smallest absolute Gasteiger partial charge is 0.264 e. The first-order valence-electron chi connectivity index (χ1n) is 10.6. The molecule has 1 amide bonds. The predicted molar refractivity (Wildman–Crippen MR) is 128 cm³/mol. The number of rotatable bonds is 9. The van der Waals surface area contributed by atoms with E-state index in [0.29, 0.717) is 28.7 Å². The Kier molecular flexibility index (Phi) is 7.65. The molecular formula is C24H28N4O4S. The number of hydrogen-bond acceptors (Lipinski definition) is 6. The minimum atomic E-state index is -3.87. The zero-order chi connectivity index (χ0) is 24.0. The Morgan fingerprint density at radius 2 is 1.67 bits per heavy atom. The van der Waals surface area contributed by atoms with Crippen LogP contribution in [0.15, 0.2) is 59.5 Å². The van der Waals surface area contributed by atoms with Crippen LogP contribution in [0.4, 0.5) is 11.6 Å². The molecule has 1 aromatic heterocycles. The van der Waals surface area contributed by atoms with Crippen molar-refractivity contribution < 1.29 is 17.9 Å². The lowest BCUT2D eigenvalue weighted by atomic mass is 9.98. The molecule has 8 nitrogen and oxygen atoms in total. The highest BCUT2D eigenvalue weighted by Crippen LogP contribution is 2.28. The van der Waals surface area contributed by atoms with E-state index in [1.165, 1.54) is 24.3 Å². The normalized spacial score (nSPS) is 12.1. The summed E-state index contributed by atoms with van der Waals surface area (Å²) >= 11 is 0. The molecule has 3 aromatic rings. The molecule has 0 saturated carbocycles. The van der Waals surface area contributed by atoms with Crippen molar-refractivity contribution in [3.63, 3.8) is 0 Å². The lowest BCUT2D eigenvalue weighted by molar-refractivity contribution is -0.118. The predicted octanol–water partition coefficient (Wildman–Crippen LogP) is 4.43. The zero-order valence-electron chi connectivity index (χ0n) is 19.1. The number of aromatic nitrogens is 2. The SMILES string of the molecule is CC[C@H](C)c1ccccc1OCC(=O)Nc1ccc(S(=O)(=O)Nc2nc(C)cc(C)n2)cc1. The summed E-state index contributed by atoms with van der Waals surface area (Å²) in [7, 11) is -3.87. The van der Waals surface area contributed by atoms with Crippen molar-refractivity contribution in [2.45, 2.75) is 44.9 Å². The molecule has 0 spiro atoms. The van der Waals surface area contributed by atoms with Crippen molar-refractivity contribution in [1.29, 1.82) is 0 Å². The molecule has 0 saturated heterocycles. The van der Waals surface area contributed by atoms with Gasteiger partial charge in [-0.3, -0.25) is 4.79 Å². The molecule has 1 atom stereocenters. The van der Waals surface area contributed by atoms with Crippen molar-refractivity contribution in [3.05, 3.63) is 71.5 Å². The van der Waals surface area contributed by atoms with Crippen LogP contribution < -0.4 is 14.8 Å². The van der Waals surface area contributed by atoms with E-state index < -0.39 is 10.0 Å². The first-order chi connectivity index (χ1) is 15.7. The van der Waals surface area contributed by atoms with Gasteiger partial charge in [-0.05, 0) is 68.1 Å². The second-order valence-electron chi connectivity index (χ2n) is 7.79. The van der Waals surface area contributed by atoms with Gasteiger partial charge in [0.25, 0.3) is 15.9 Å². The summed E-state index contributed by atoms with van der Waals surface area (Å²) in [5.41, 5.74) is 2.84. The monoisotopic (exact) mass is 468 g/mol. The maximum atomic E-state index is 12.6. The number of ether oxygens (including phenoxy) is 1. The summed E-state index contributed by atoms with van der Waals surface area (Å²) in [6.45, 7) is 7.58. The molecule has 174 valence electrons. The maximum absolute atomic E-state index is 12.6. The third-order valence-electron chi connectivity index (χ3n) is 5.08. The topological polar surface area (TPSA) is 110 Å². The van der Waals surface area contributed by atoms with E-state index in [1.54, 1.807) is 19.9 Å². The minimum Gasteiger partial charge on any atom is -0.483 e. The van der Waals surface area contributed by atoms with Crippen molar-refractivity contribution in [2.24, 2.45) is 0 Å². The molecule has 2 aromatic carbocycles. The Labute approximate surface area is 194 Å². The van der Waals surface area contributed by atoms with Crippen LogP contribution in [-0.2, 0) is 14.8 Å². The molecule has 0 bridgehead atoms. The third kappa shape index (κ3) is 6.52. The van der Waals surface area contributed by atoms with Crippen molar-refractivity contribution >= 4 is 27.6 Å². The number of amides is 1. The first-order valence-corrected chi connectivity index (χ1v) is 12.1. The summed E-state index contributed by atoms with van der Waals surface area (Å²) < 4.78 is 33.4. The highest BCUT2D eigenvalue weighted by molar-refractivity contribution is 7.92. The van der Waals surface area contributed by atoms with Gasteiger partial charge in [-0.1, -0.05) is 32.0 Å². The number of nitrogens with one attached hydrogen (secondary N) is 2. The van der Waals surface area contributed by atoms with E-state index in [0.717, 1.165) is 12.0 Å². The van der Waals surface area contributed by atoms with Gasteiger partial charge in [0.05, 0.1) is 4.90 Å². The molecule has 1 heterocycles. The highest BCUT2D eigenvalue weighted by atomic mass is 32.2. The average Bonchev–Trinajstić information content (AvgIpc) is 2.76. The lowest BCUT2D eigenvalue weighted by Gasteiger charge is -2.15. The van der Waals surface area contributed by atoms with Gasteiger partial charge in [0.1, 0.15) is 5.75 Å². The van der Waals surface area contributed by atoms with E-state index in [1.807, 2.05) is 24.3 Å². The Balaban J connectivity index is 1.62. The van der Waals surface area contributed by atoms with Gasteiger partial charge >= 0.3 is 0 Å². The van der Waals surface area contributed by atoms with E-state index in [9.17, 15) is 13.2 Å². The number of anilines is 2. The van der Waals surface area contributed by atoms with E-state index in [-0.39, 0.29) is 23.4 Å². The Bertz CT molecular complexity index is 1210. The fraction of sp³-hybridized carbons (Fsp3) is 0.292. The number of carbonyl (C=O) groups is 1. The molecule has 0 radical (unpaired) electrons. The van der Waals surface area contributed by atoms with Crippen molar-refractivity contribution in [1.82, 2.24) is 9.97 Å². The van der Waals surface area contributed by atoms with Gasteiger partial charge in [-0.15, -0.1) is 0 Å². The molecule has 3 rings (SSSR count). The van der Waals surface area contributed by atoms with Crippen LogP contribution in [0.1, 0.15) is 43.1 Å². The molecule has 9 heteroatoms. The zero-order valence-corrected chi connectivity index (χ0v) is 19.9. The summed E-state index contributed by atoms with van der Waals surface area (Å²) in [5, 5.41) is 2.71. The van der Waals surface area contributed by atoms with Crippen molar-refractivity contribution in [2.75, 3.05) is 16.6 Å². The van der Waals surface area contributed by atoms with Crippen LogP contribution >= 0.6 is 0 Å².